The first-order valence-electron chi connectivity index (χ1n) is 9.84. The lowest BCUT2D eigenvalue weighted by atomic mass is 10.0. The highest BCUT2D eigenvalue weighted by molar-refractivity contribution is 8.00. The van der Waals surface area contributed by atoms with E-state index in [2.05, 4.69) is 5.32 Å². The average molecular weight is 440 g/mol. The second kappa shape index (κ2) is 8.55. The smallest absolute Gasteiger partial charge is 0.235 e. The van der Waals surface area contributed by atoms with E-state index in [-0.39, 0.29) is 11.2 Å². The maximum absolute atomic E-state index is 12.6. The quantitative estimate of drug-likeness (QED) is 0.639. The molecular weight excluding hydrogens is 414 g/mol. The Hall–Kier alpha value is -3.13. The number of carbonyl (C=O) groups is 1. The number of anilines is 1. The molecule has 4 rings (SSSR count). The topological polar surface area (TPSA) is 74.6 Å². The largest absolute Gasteiger partial charge is 0.496 e. The molecule has 0 radical (unpaired) electrons. The molecule has 0 saturated heterocycles. The number of amides is 1. The number of methoxy groups -OCH3 is 3. The third-order valence-corrected chi connectivity index (χ3v) is 6.56. The number of fused-ring (bicyclic) bond motifs is 1. The van der Waals surface area contributed by atoms with E-state index in [0.29, 0.717) is 28.8 Å². The highest BCUT2D eigenvalue weighted by Crippen LogP contribution is 2.49. The second-order valence-corrected chi connectivity index (χ2v) is 8.38. The zero-order chi connectivity index (χ0) is 22.1. The van der Waals surface area contributed by atoms with Crippen LogP contribution in [0.25, 0.3) is 5.69 Å². The molecule has 0 unspecified atom stereocenters. The molecule has 1 atom stereocenters. The lowest BCUT2D eigenvalue weighted by Gasteiger charge is -2.20. The van der Waals surface area contributed by atoms with Crippen molar-refractivity contribution in [1.82, 2.24) is 9.78 Å². The monoisotopic (exact) mass is 439 g/mol. The molecule has 0 aliphatic carbocycles. The molecule has 3 aromatic rings. The standard InChI is InChI=1S/C23H25N3O4S/c1-13-6-8-15(9-7-13)26-23-21(14(2)25-26)22(31-12-20(27)24-23)16-10-18(29-4)19(30-5)11-17(16)28-3/h6-11,22H,12H2,1-5H3,(H,24,27)/t22-/m1/s1. The van der Waals surface area contributed by atoms with E-state index >= 15 is 0 Å². The van der Waals surface area contributed by atoms with Crippen molar-refractivity contribution < 1.29 is 19.0 Å². The van der Waals surface area contributed by atoms with Crippen molar-refractivity contribution in [3.05, 3.63) is 58.8 Å². The van der Waals surface area contributed by atoms with E-state index in [1.807, 2.05) is 50.2 Å². The Morgan fingerprint density at radius 2 is 1.65 bits per heavy atom. The van der Waals surface area contributed by atoms with Crippen molar-refractivity contribution in [1.29, 1.82) is 0 Å². The molecule has 7 nitrogen and oxygen atoms in total. The Labute approximate surface area is 185 Å². The fourth-order valence-electron chi connectivity index (χ4n) is 3.76. The maximum Gasteiger partial charge on any atom is 0.235 e. The van der Waals surface area contributed by atoms with E-state index in [9.17, 15) is 4.79 Å². The molecule has 2 aromatic carbocycles. The van der Waals surface area contributed by atoms with Crippen molar-refractivity contribution in [2.24, 2.45) is 0 Å². The van der Waals surface area contributed by atoms with Gasteiger partial charge in [-0.15, -0.1) is 11.8 Å². The van der Waals surface area contributed by atoms with E-state index < -0.39 is 0 Å². The van der Waals surface area contributed by atoms with Gasteiger partial charge in [0, 0.05) is 17.2 Å². The normalized spacial score (nSPS) is 15.6. The van der Waals surface area contributed by atoms with Gasteiger partial charge >= 0.3 is 0 Å². The number of rotatable bonds is 5. The molecule has 8 heteroatoms. The van der Waals surface area contributed by atoms with Gasteiger partial charge in [0.05, 0.1) is 43.7 Å². The molecule has 1 aliphatic rings. The highest BCUT2D eigenvalue weighted by Gasteiger charge is 2.33. The predicted octanol–water partition coefficient (Wildman–Crippen LogP) is 4.29. The van der Waals surface area contributed by atoms with Crippen molar-refractivity contribution in [3.8, 4) is 22.9 Å². The molecule has 2 heterocycles. The van der Waals surface area contributed by atoms with Gasteiger partial charge in [0.25, 0.3) is 0 Å². The summed E-state index contributed by atoms with van der Waals surface area (Å²) in [5.74, 6) is 2.78. The fourth-order valence-corrected chi connectivity index (χ4v) is 4.96. The Kier molecular flexibility index (Phi) is 5.82. The summed E-state index contributed by atoms with van der Waals surface area (Å²) < 4.78 is 18.4. The SMILES string of the molecule is COc1cc(OC)c([C@H]2SCC(=O)Nc3c2c(C)nn3-c2ccc(C)cc2)cc1OC. The van der Waals surface area contributed by atoms with Crippen molar-refractivity contribution in [2.75, 3.05) is 32.4 Å². The van der Waals surface area contributed by atoms with Crippen molar-refractivity contribution in [2.45, 2.75) is 19.1 Å². The minimum Gasteiger partial charge on any atom is -0.496 e. The number of benzene rings is 2. The van der Waals surface area contributed by atoms with Gasteiger partial charge in [0.1, 0.15) is 11.6 Å². The summed E-state index contributed by atoms with van der Waals surface area (Å²) in [6.07, 6.45) is 0. The van der Waals surface area contributed by atoms with Crippen LogP contribution in [0.4, 0.5) is 5.82 Å². The zero-order valence-corrected chi connectivity index (χ0v) is 19.0. The Balaban J connectivity index is 1.91. The Morgan fingerprint density at radius 3 is 2.29 bits per heavy atom. The molecule has 0 saturated carbocycles. The van der Waals surface area contributed by atoms with Gasteiger partial charge < -0.3 is 19.5 Å². The number of hydrogen-bond acceptors (Lipinski definition) is 6. The van der Waals surface area contributed by atoms with Gasteiger partial charge in [-0.05, 0) is 32.0 Å². The van der Waals surface area contributed by atoms with Gasteiger partial charge in [0.15, 0.2) is 11.5 Å². The van der Waals surface area contributed by atoms with Gasteiger partial charge in [0.2, 0.25) is 5.91 Å². The van der Waals surface area contributed by atoms with Crippen molar-refractivity contribution >= 4 is 23.5 Å². The number of nitrogens with one attached hydrogen (secondary N) is 1. The van der Waals surface area contributed by atoms with Crippen LogP contribution in [0.2, 0.25) is 0 Å². The first-order chi connectivity index (χ1) is 15.0. The highest BCUT2D eigenvalue weighted by atomic mass is 32.2. The third-order valence-electron chi connectivity index (χ3n) is 5.30. The molecule has 0 spiro atoms. The van der Waals surface area contributed by atoms with Crippen LogP contribution in [0.5, 0.6) is 17.2 Å². The average Bonchev–Trinajstić information content (AvgIpc) is 2.98. The number of aromatic nitrogens is 2. The van der Waals surface area contributed by atoms with Gasteiger partial charge in [-0.25, -0.2) is 4.68 Å². The molecule has 162 valence electrons. The Bertz CT molecular complexity index is 1120. The summed E-state index contributed by atoms with van der Waals surface area (Å²) in [5, 5.41) is 7.65. The first kappa shape index (κ1) is 21.1. The van der Waals surface area contributed by atoms with E-state index in [0.717, 1.165) is 28.1 Å². The lowest BCUT2D eigenvalue weighted by molar-refractivity contribution is -0.113. The molecule has 1 N–H and O–H groups in total. The molecule has 31 heavy (non-hydrogen) atoms. The summed E-state index contributed by atoms with van der Waals surface area (Å²) in [7, 11) is 4.82. The molecule has 1 amide bonds. The van der Waals surface area contributed by atoms with Crippen LogP contribution in [0, 0.1) is 13.8 Å². The predicted molar refractivity (Wildman–Crippen MR) is 122 cm³/mol. The van der Waals surface area contributed by atoms with Gasteiger partial charge in [-0.3, -0.25) is 4.79 Å². The second-order valence-electron chi connectivity index (χ2n) is 7.28. The molecule has 0 fully saturated rings. The number of nitrogens with zero attached hydrogens (tertiary/aromatic N) is 2. The van der Waals surface area contributed by atoms with Crippen molar-refractivity contribution in [3.63, 3.8) is 0 Å². The summed E-state index contributed by atoms with van der Waals surface area (Å²) in [6.45, 7) is 4.00. The number of aryl methyl sites for hydroxylation is 2. The maximum atomic E-state index is 12.6. The van der Waals surface area contributed by atoms with E-state index in [1.54, 1.807) is 26.0 Å². The number of ether oxygens (including phenoxy) is 3. The van der Waals surface area contributed by atoms with Crippen LogP contribution in [-0.4, -0.2) is 42.8 Å². The van der Waals surface area contributed by atoms with E-state index in [4.69, 9.17) is 19.3 Å². The van der Waals surface area contributed by atoms with Crippen LogP contribution >= 0.6 is 11.8 Å². The molecular formula is C23H25N3O4S. The minimum absolute atomic E-state index is 0.0681. The molecule has 1 aromatic heterocycles. The number of hydrogen-bond donors (Lipinski definition) is 1. The summed E-state index contributed by atoms with van der Waals surface area (Å²) in [4.78, 5) is 12.6. The minimum atomic E-state index is -0.178. The van der Waals surface area contributed by atoms with Crippen LogP contribution < -0.4 is 19.5 Å². The zero-order valence-electron chi connectivity index (χ0n) is 18.2. The molecule has 0 bridgehead atoms. The van der Waals surface area contributed by atoms with Crippen LogP contribution in [0.15, 0.2) is 36.4 Å². The number of thioether (sulfide) groups is 1. The lowest BCUT2D eigenvalue weighted by Crippen LogP contribution is -2.15. The van der Waals surface area contributed by atoms with Gasteiger partial charge in [-0.1, -0.05) is 17.7 Å². The van der Waals surface area contributed by atoms with Crippen LogP contribution in [0.3, 0.4) is 0 Å². The summed E-state index contributed by atoms with van der Waals surface area (Å²) in [5.41, 5.74) is 4.73. The van der Waals surface area contributed by atoms with E-state index in [1.165, 1.54) is 11.8 Å². The molecule has 1 aliphatic heterocycles. The summed E-state index contributed by atoms with van der Waals surface area (Å²) in [6, 6.07) is 11.8. The van der Waals surface area contributed by atoms with Crippen LogP contribution in [-0.2, 0) is 4.79 Å². The van der Waals surface area contributed by atoms with Crippen LogP contribution in [0.1, 0.15) is 27.6 Å². The Morgan fingerprint density at radius 1 is 1.00 bits per heavy atom. The number of carbonyl (C=O) groups excluding carboxylic acids is 1. The summed E-state index contributed by atoms with van der Waals surface area (Å²) >= 11 is 1.53. The van der Waals surface area contributed by atoms with Gasteiger partial charge in [-0.2, -0.15) is 5.10 Å². The first-order valence-corrected chi connectivity index (χ1v) is 10.9. The third kappa shape index (κ3) is 3.83. The fraction of sp³-hybridized carbons (Fsp3) is 0.304.